The van der Waals surface area contributed by atoms with Crippen molar-refractivity contribution in [1.82, 2.24) is 0 Å². The Morgan fingerprint density at radius 3 is 2.29 bits per heavy atom. The molecule has 1 amide bonds. The summed E-state index contributed by atoms with van der Waals surface area (Å²) in [6, 6.07) is 17.0. The maximum Gasteiger partial charge on any atom is 0.262 e. The van der Waals surface area contributed by atoms with Crippen LogP contribution in [0.3, 0.4) is 0 Å². The molecule has 144 valence electrons. The number of para-hydroxylation sites is 2. The van der Waals surface area contributed by atoms with E-state index in [9.17, 15) is 13.6 Å². The molecule has 0 saturated heterocycles. The van der Waals surface area contributed by atoms with Crippen LogP contribution >= 0.6 is 0 Å². The fraction of sp³-hybridized carbons (Fsp3) is 0.0952. The Balaban J connectivity index is 1.55. The Labute approximate surface area is 160 Å². The van der Waals surface area contributed by atoms with Crippen molar-refractivity contribution in [2.24, 2.45) is 0 Å². The Morgan fingerprint density at radius 2 is 1.61 bits per heavy atom. The molecule has 0 aliphatic rings. The first kappa shape index (κ1) is 19.2. The van der Waals surface area contributed by atoms with Gasteiger partial charge in [-0.3, -0.25) is 4.79 Å². The predicted molar refractivity (Wildman–Crippen MR) is 103 cm³/mol. The Kier molecular flexibility index (Phi) is 6.06. The predicted octanol–water partition coefficient (Wildman–Crippen LogP) is 4.73. The van der Waals surface area contributed by atoms with E-state index in [2.05, 4.69) is 10.6 Å². The molecule has 3 aromatic rings. The monoisotopic (exact) mass is 384 g/mol. The van der Waals surface area contributed by atoms with Crippen LogP contribution in [0.4, 0.5) is 25.8 Å². The van der Waals surface area contributed by atoms with Gasteiger partial charge < -0.3 is 20.1 Å². The molecule has 0 aliphatic carbocycles. The van der Waals surface area contributed by atoms with Crippen molar-refractivity contribution in [2.75, 3.05) is 24.4 Å². The van der Waals surface area contributed by atoms with Gasteiger partial charge in [-0.15, -0.1) is 0 Å². The molecule has 0 saturated carbocycles. The van der Waals surface area contributed by atoms with Crippen LogP contribution in [-0.2, 0) is 4.79 Å². The van der Waals surface area contributed by atoms with Gasteiger partial charge in [-0.25, -0.2) is 8.78 Å². The highest BCUT2D eigenvalue weighted by atomic mass is 19.1. The topological polar surface area (TPSA) is 59.6 Å². The van der Waals surface area contributed by atoms with Crippen LogP contribution in [0.1, 0.15) is 0 Å². The molecule has 0 atom stereocenters. The van der Waals surface area contributed by atoms with E-state index in [-0.39, 0.29) is 18.2 Å². The SMILES string of the molecule is COc1ccccc1OCC(=O)Nc1ccc(Nc2ccc(F)cc2F)cc1. The number of carbonyl (C=O) groups excluding carboxylic acids is 1. The van der Waals surface area contributed by atoms with Gasteiger partial charge in [0.25, 0.3) is 5.91 Å². The molecule has 0 aliphatic heterocycles. The quantitative estimate of drug-likeness (QED) is 0.618. The molecular formula is C21H18F2N2O3. The highest BCUT2D eigenvalue weighted by molar-refractivity contribution is 5.92. The number of benzene rings is 3. The minimum Gasteiger partial charge on any atom is -0.493 e. The fourth-order valence-corrected chi connectivity index (χ4v) is 2.46. The van der Waals surface area contributed by atoms with Gasteiger partial charge in [-0.1, -0.05) is 12.1 Å². The zero-order valence-corrected chi connectivity index (χ0v) is 15.0. The first-order valence-corrected chi connectivity index (χ1v) is 8.43. The summed E-state index contributed by atoms with van der Waals surface area (Å²) in [6.45, 7) is -0.179. The van der Waals surface area contributed by atoms with Gasteiger partial charge >= 0.3 is 0 Å². The number of anilines is 3. The lowest BCUT2D eigenvalue weighted by Crippen LogP contribution is -2.20. The molecule has 0 radical (unpaired) electrons. The molecule has 0 bridgehead atoms. The Morgan fingerprint density at radius 1 is 0.929 bits per heavy atom. The third-order valence-corrected chi connectivity index (χ3v) is 3.81. The van der Waals surface area contributed by atoms with Gasteiger partial charge in [0.15, 0.2) is 18.1 Å². The molecule has 3 aromatic carbocycles. The molecule has 2 N–H and O–H groups in total. The minimum atomic E-state index is -0.689. The number of carbonyl (C=O) groups is 1. The second-order valence-electron chi connectivity index (χ2n) is 5.81. The van der Waals surface area contributed by atoms with Crippen molar-refractivity contribution in [3.8, 4) is 11.5 Å². The molecule has 0 spiro atoms. The molecule has 0 heterocycles. The van der Waals surface area contributed by atoms with Gasteiger partial charge in [-0.2, -0.15) is 0 Å². The number of hydrogen-bond donors (Lipinski definition) is 2. The second-order valence-corrected chi connectivity index (χ2v) is 5.81. The molecule has 0 fully saturated rings. The summed E-state index contributed by atoms with van der Waals surface area (Å²) in [5.41, 5.74) is 1.30. The van der Waals surface area contributed by atoms with E-state index in [0.717, 1.165) is 6.07 Å². The lowest BCUT2D eigenvalue weighted by Gasteiger charge is -2.11. The fourth-order valence-electron chi connectivity index (χ4n) is 2.46. The number of hydrogen-bond acceptors (Lipinski definition) is 4. The summed E-state index contributed by atoms with van der Waals surface area (Å²) in [5, 5.41) is 5.55. The summed E-state index contributed by atoms with van der Waals surface area (Å²) in [5.74, 6) is -0.654. The van der Waals surface area contributed by atoms with E-state index in [4.69, 9.17) is 9.47 Å². The smallest absolute Gasteiger partial charge is 0.262 e. The molecule has 28 heavy (non-hydrogen) atoms. The van der Waals surface area contributed by atoms with E-state index >= 15 is 0 Å². The maximum atomic E-state index is 13.7. The molecule has 0 aromatic heterocycles. The van der Waals surface area contributed by atoms with Gasteiger partial charge in [0.05, 0.1) is 12.8 Å². The first-order chi connectivity index (χ1) is 13.5. The normalized spacial score (nSPS) is 10.2. The highest BCUT2D eigenvalue weighted by Crippen LogP contribution is 2.26. The van der Waals surface area contributed by atoms with Crippen LogP contribution < -0.4 is 20.1 Å². The molecular weight excluding hydrogens is 366 g/mol. The molecule has 3 rings (SSSR count). The summed E-state index contributed by atoms with van der Waals surface area (Å²) in [4.78, 5) is 12.1. The Hall–Kier alpha value is -3.61. The van der Waals surface area contributed by atoms with E-state index in [1.165, 1.54) is 19.2 Å². The van der Waals surface area contributed by atoms with Crippen LogP contribution in [-0.4, -0.2) is 19.6 Å². The summed E-state index contributed by atoms with van der Waals surface area (Å²) in [7, 11) is 1.52. The van der Waals surface area contributed by atoms with Crippen molar-refractivity contribution < 1.29 is 23.0 Å². The summed E-state index contributed by atoms with van der Waals surface area (Å²) >= 11 is 0. The van der Waals surface area contributed by atoms with Crippen molar-refractivity contribution in [2.45, 2.75) is 0 Å². The van der Waals surface area contributed by atoms with Crippen molar-refractivity contribution in [3.05, 3.63) is 78.4 Å². The maximum absolute atomic E-state index is 13.7. The largest absolute Gasteiger partial charge is 0.493 e. The van der Waals surface area contributed by atoms with E-state index in [0.29, 0.717) is 22.9 Å². The molecule has 0 unspecified atom stereocenters. The van der Waals surface area contributed by atoms with E-state index in [1.54, 1.807) is 48.5 Å². The number of amides is 1. The van der Waals surface area contributed by atoms with Gasteiger partial charge in [0, 0.05) is 17.4 Å². The first-order valence-electron chi connectivity index (χ1n) is 8.43. The third kappa shape index (κ3) is 4.97. The summed E-state index contributed by atoms with van der Waals surface area (Å²) in [6.07, 6.45) is 0. The Bertz CT molecular complexity index is 962. The third-order valence-electron chi connectivity index (χ3n) is 3.81. The van der Waals surface area contributed by atoms with Crippen LogP contribution in [0.25, 0.3) is 0 Å². The number of ether oxygens (including phenoxy) is 2. The molecule has 7 heteroatoms. The van der Waals surface area contributed by atoms with Crippen molar-refractivity contribution in [3.63, 3.8) is 0 Å². The van der Waals surface area contributed by atoms with Crippen LogP contribution in [0.2, 0.25) is 0 Å². The van der Waals surface area contributed by atoms with E-state index < -0.39 is 11.6 Å². The number of halogens is 2. The van der Waals surface area contributed by atoms with Gasteiger partial charge in [0.2, 0.25) is 0 Å². The van der Waals surface area contributed by atoms with Crippen molar-refractivity contribution in [1.29, 1.82) is 0 Å². The summed E-state index contributed by atoms with van der Waals surface area (Å²) < 4.78 is 37.3. The van der Waals surface area contributed by atoms with E-state index in [1.807, 2.05) is 0 Å². The van der Waals surface area contributed by atoms with Crippen LogP contribution in [0, 0.1) is 11.6 Å². The van der Waals surface area contributed by atoms with Crippen molar-refractivity contribution >= 4 is 23.0 Å². The van der Waals surface area contributed by atoms with Crippen LogP contribution in [0.15, 0.2) is 66.7 Å². The average Bonchev–Trinajstić information content (AvgIpc) is 2.70. The number of methoxy groups -OCH3 is 1. The standard InChI is InChI=1S/C21H18F2N2O3/c1-27-19-4-2-3-5-20(19)28-13-21(26)25-16-9-7-15(8-10-16)24-18-11-6-14(22)12-17(18)23/h2-12,24H,13H2,1H3,(H,25,26). The highest BCUT2D eigenvalue weighted by Gasteiger charge is 2.08. The number of rotatable bonds is 7. The zero-order valence-electron chi connectivity index (χ0n) is 15.0. The average molecular weight is 384 g/mol. The number of nitrogens with one attached hydrogen (secondary N) is 2. The molecule has 5 nitrogen and oxygen atoms in total. The zero-order chi connectivity index (χ0) is 19.9. The lowest BCUT2D eigenvalue weighted by atomic mass is 10.2. The van der Waals surface area contributed by atoms with Gasteiger partial charge in [-0.05, 0) is 48.5 Å². The second kappa shape index (κ2) is 8.85. The minimum absolute atomic E-state index is 0.156. The van der Waals surface area contributed by atoms with Crippen LogP contribution in [0.5, 0.6) is 11.5 Å². The van der Waals surface area contributed by atoms with Gasteiger partial charge in [0.1, 0.15) is 11.6 Å². The lowest BCUT2D eigenvalue weighted by molar-refractivity contribution is -0.118.